The van der Waals surface area contributed by atoms with Crippen LogP contribution < -0.4 is 5.73 Å². The van der Waals surface area contributed by atoms with Gasteiger partial charge in [-0.15, -0.1) is 0 Å². The number of benzene rings is 1. The molecule has 5 nitrogen and oxygen atoms in total. The molecule has 3 N–H and O–H groups in total. The van der Waals surface area contributed by atoms with Crippen molar-refractivity contribution < 1.29 is 4.79 Å². The Morgan fingerprint density at radius 1 is 1.38 bits per heavy atom. The van der Waals surface area contributed by atoms with Crippen LogP contribution in [0, 0.1) is 0 Å². The van der Waals surface area contributed by atoms with E-state index >= 15 is 0 Å². The second-order valence-corrected chi connectivity index (χ2v) is 7.28. The van der Waals surface area contributed by atoms with Crippen molar-refractivity contribution in [3.05, 3.63) is 53.3 Å². The number of aromatic nitrogens is 2. The predicted molar refractivity (Wildman–Crippen MR) is 94.7 cm³/mol. The molecule has 0 aliphatic carbocycles. The summed E-state index contributed by atoms with van der Waals surface area (Å²) in [5.41, 5.74) is 8.82. The molecule has 1 saturated heterocycles. The highest BCUT2D eigenvalue weighted by Crippen LogP contribution is 2.29. The number of nitrogens with zero attached hydrogens (tertiary/aromatic N) is 2. The smallest absolute Gasteiger partial charge is 0.242 e. The largest absolute Gasteiger partial charge is 0.340 e. The van der Waals surface area contributed by atoms with Crippen LogP contribution in [0.15, 0.2) is 36.5 Å². The van der Waals surface area contributed by atoms with Crippen LogP contribution in [0.5, 0.6) is 0 Å². The Hall–Kier alpha value is -2.14. The molecule has 1 aromatic heterocycles. The Morgan fingerprint density at radius 2 is 2.12 bits per heavy atom. The van der Waals surface area contributed by atoms with Crippen LogP contribution in [0.3, 0.4) is 0 Å². The molecule has 128 valence electrons. The molecule has 0 bridgehead atoms. The first-order valence-corrected chi connectivity index (χ1v) is 8.59. The predicted octanol–water partition coefficient (Wildman–Crippen LogP) is 2.44. The average molecular weight is 326 g/mol. The zero-order valence-electron chi connectivity index (χ0n) is 14.5. The van der Waals surface area contributed by atoms with Gasteiger partial charge in [-0.1, -0.05) is 30.3 Å². The molecule has 1 amide bonds. The summed E-state index contributed by atoms with van der Waals surface area (Å²) in [6.45, 7) is 5.05. The number of carbonyl (C=O) groups is 1. The molecule has 1 atom stereocenters. The van der Waals surface area contributed by atoms with E-state index in [-0.39, 0.29) is 5.91 Å². The molecule has 1 aliphatic rings. The number of rotatable bonds is 4. The Kier molecular flexibility index (Phi) is 4.71. The maximum absolute atomic E-state index is 12.5. The van der Waals surface area contributed by atoms with Gasteiger partial charge in [-0.05, 0) is 37.8 Å². The van der Waals surface area contributed by atoms with E-state index in [9.17, 15) is 4.79 Å². The molecule has 1 fully saturated rings. The Bertz CT molecular complexity index is 687. The van der Waals surface area contributed by atoms with Crippen LogP contribution in [-0.4, -0.2) is 39.6 Å². The van der Waals surface area contributed by atoms with Gasteiger partial charge in [-0.3, -0.25) is 9.89 Å². The minimum Gasteiger partial charge on any atom is -0.340 e. The van der Waals surface area contributed by atoms with Crippen molar-refractivity contribution in [2.45, 2.75) is 44.6 Å². The van der Waals surface area contributed by atoms with Gasteiger partial charge in [0.1, 0.15) is 0 Å². The molecule has 3 rings (SSSR count). The molecule has 0 unspecified atom stereocenters. The Balaban J connectivity index is 1.75. The summed E-state index contributed by atoms with van der Waals surface area (Å²) < 4.78 is 0. The Morgan fingerprint density at radius 3 is 2.83 bits per heavy atom. The first kappa shape index (κ1) is 16.7. The third kappa shape index (κ3) is 3.67. The summed E-state index contributed by atoms with van der Waals surface area (Å²) in [6.07, 6.45) is 4.84. The second kappa shape index (κ2) is 6.77. The monoisotopic (exact) mass is 326 g/mol. The first-order chi connectivity index (χ1) is 11.4. The van der Waals surface area contributed by atoms with Crippen molar-refractivity contribution in [1.82, 2.24) is 15.1 Å². The zero-order valence-corrected chi connectivity index (χ0v) is 14.5. The van der Waals surface area contributed by atoms with Crippen molar-refractivity contribution in [1.29, 1.82) is 0 Å². The number of amides is 1. The summed E-state index contributed by atoms with van der Waals surface area (Å²) in [4.78, 5) is 14.4. The zero-order chi connectivity index (χ0) is 17.2. The van der Waals surface area contributed by atoms with Gasteiger partial charge in [0, 0.05) is 31.1 Å². The summed E-state index contributed by atoms with van der Waals surface area (Å²) in [5, 5.41) is 7.43. The fourth-order valence-electron chi connectivity index (χ4n) is 3.44. The van der Waals surface area contributed by atoms with E-state index in [4.69, 9.17) is 5.73 Å². The van der Waals surface area contributed by atoms with Crippen molar-refractivity contribution in [2.75, 3.05) is 13.1 Å². The molecule has 0 spiro atoms. The van der Waals surface area contributed by atoms with Gasteiger partial charge in [0.15, 0.2) is 0 Å². The van der Waals surface area contributed by atoms with E-state index in [2.05, 4.69) is 34.5 Å². The van der Waals surface area contributed by atoms with E-state index in [0.29, 0.717) is 12.5 Å². The number of hydrogen-bond acceptors (Lipinski definition) is 3. The number of hydrogen-bond donors (Lipinski definition) is 2. The molecule has 0 saturated carbocycles. The topological polar surface area (TPSA) is 75.0 Å². The second-order valence-electron chi connectivity index (χ2n) is 7.28. The molecule has 0 radical (unpaired) electrons. The van der Waals surface area contributed by atoms with Gasteiger partial charge in [-0.25, -0.2) is 0 Å². The van der Waals surface area contributed by atoms with E-state index < -0.39 is 5.54 Å². The quantitative estimate of drug-likeness (QED) is 0.906. The lowest BCUT2D eigenvalue weighted by Crippen LogP contribution is -2.53. The fraction of sp³-hybridized carbons (Fsp3) is 0.474. The van der Waals surface area contributed by atoms with Crippen molar-refractivity contribution >= 4 is 5.91 Å². The highest BCUT2D eigenvalue weighted by molar-refractivity contribution is 5.85. The molecule has 2 heterocycles. The van der Waals surface area contributed by atoms with E-state index in [1.165, 1.54) is 11.1 Å². The number of H-pyrrole nitrogens is 1. The normalized spacial score (nSPS) is 18.6. The average Bonchev–Trinajstić information content (AvgIpc) is 3.02. The number of nitrogens with two attached hydrogens (primary N) is 1. The molecule has 24 heavy (non-hydrogen) atoms. The van der Waals surface area contributed by atoms with Crippen LogP contribution in [0.2, 0.25) is 0 Å². The van der Waals surface area contributed by atoms with E-state index in [1.54, 1.807) is 13.8 Å². The Labute approximate surface area is 143 Å². The lowest BCUT2D eigenvalue weighted by Gasteiger charge is -2.36. The molecule has 1 aliphatic heterocycles. The van der Waals surface area contributed by atoms with Gasteiger partial charge in [0.05, 0.1) is 11.7 Å². The number of nitrogens with one attached hydrogen (secondary N) is 1. The van der Waals surface area contributed by atoms with Crippen LogP contribution in [0.1, 0.15) is 49.4 Å². The standard InChI is InChI=1S/C19H26N4O/c1-19(2,20)18(24)23-10-6-9-15(13-23)17-16(12-21-22-17)11-14-7-4-3-5-8-14/h3-5,7-8,12,15H,6,9-11,13,20H2,1-2H3,(H,21,22)/t15-/m1/s1. The molecule has 2 aromatic rings. The van der Waals surface area contributed by atoms with Gasteiger partial charge in [0.2, 0.25) is 5.91 Å². The molecule has 5 heteroatoms. The highest BCUT2D eigenvalue weighted by Gasteiger charge is 2.33. The van der Waals surface area contributed by atoms with Gasteiger partial charge < -0.3 is 10.6 Å². The number of aromatic amines is 1. The van der Waals surface area contributed by atoms with Crippen molar-refractivity contribution in [3.63, 3.8) is 0 Å². The van der Waals surface area contributed by atoms with Crippen LogP contribution in [-0.2, 0) is 11.2 Å². The van der Waals surface area contributed by atoms with Gasteiger partial charge in [-0.2, -0.15) is 5.10 Å². The fourth-order valence-corrected chi connectivity index (χ4v) is 3.44. The molecule has 1 aromatic carbocycles. The number of piperidine rings is 1. The van der Waals surface area contributed by atoms with Crippen LogP contribution >= 0.6 is 0 Å². The third-order valence-electron chi connectivity index (χ3n) is 4.66. The first-order valence-electron chi connectivity index (χ1n) is 8.59. The summed E-state index contributed by atoms with van der Waals surface area (Å²) >= 11 is 0. The summed E-state index contributed by atoms with van der Waals surface area (Å²) in [7, 11) is 0. The SMILES string of the molecule is CC(C)(N)C(=O)N1CCC[C@@H](c2[nH]ncc2Cc2ccccc2)C1. The van der Waals surface area contributed by atoms with Crippen LogP contribution in [0.25, 0.3) is 0 Å². The van der Waals surface area contributed by atoms with Gasteiger partial charge in [0.25, 0.3) is 0 Å². The summed E-state index contributed by atoms with van der Waals surface area (Å²) in [6, 6.07) is 10.4. The maximum atomic E-state index is 12.5. The number of likely N-dealkylation sites (tertiary alicyclic amines) is 1. The highest BCUT2D eigenvalue weighted by atomic mass is 16.2. The van der Waals surface area contributed by atoms with Crippen molar-refractivity contribution in [3.8, 4) is 0 Å². The molecular formula is C19H26N4O. The third-order valence-corrected chi connectivity index (χ3v) is 4.66. The maximum Gasteiger partial charge on any atom is 0.242 e. The van der Waals surface area contributed by atoms with Crippen molar-refractivity contribution in [2.24, 2.45) is 5.73 Å². The summed E-state index contributed by atoms with van der Waals surface area (Å²) in [5.74, 6) is 0.322. The number of carbonyl (C=O) groups excluding carboxylic acids is 1. The molecular weight excluding hydrogens is 300 g/mol. The lowest BCUT2D eigenvalue weighted by atomic mass is 9.90. The van der Waals surface area contributed by atoms with E-state index in [1.807, 2.05) is 17.2 Å². The minimum atomic E-state index is -0.817. The lowest BCUT2D eigenvalue weighted by molar-refractivity contribution is -0.137. The van der Waals surface area contributed by atoms with Gasteiger partial charge >= 0.3 is 0 Å². The van der Waals surface area contributed by atoms with Crippen LogP contribution in [0.4, 0.5) is 0 Å². The van der Waals surface area contributed by atoms with E-state index in [0.717, 1.165) is 31.5 Å². The minimum absolute atomic E-state index is 0.0244.